The van der Waals surface area contributed by atoms with E-state index < -0.39 is 0 Å². The second kappa shape index (κ2) is 11.0. The molecule has 5 heteroatoms. The highest BCUT2D eigenvalue weighted by molar-refractivity contribution is 6.01. The van der Waals surface area contributed by atoms with Crippen molar-refractivity contribution < 1.29 is 14.3 Å². The fourth-order valence-corrected chi connectivity index (χ4v) is 2.32. The Hall–Kier alpha value is -2.69. The Morgan fingerprint density at radius 1 is 0.769 bits per heavy atom. The second-order valence-corrected chi connectivity index (χ2v) is 5.98. The number of amides is 2. The second-order valence-electron chi connectivity index (χ2n) is 5.98. The third-order valence-corrected chi connectivity index (χ3v) is 3.78. The molecule has 0 atom stereocenters. The van der Waals surface area contributed by atoms with Gasteiger partial charge in [0.25, 0.3) is 0 Å². The standard InChI is InChI=1S/C21H28N2O3/c1-3-5-15-25-19-13-9-7-11-17(19)22-21(24)23-18-12-8-10-14-20(18)26-16-6-4-2/h7-14H,3-6,15-16H2,1-2H3,(H2,22,23,24). The first-order valence-corrected chi connectivity index (χ1v) is 9.26. The van der Waals surface area contributed by atoms with Gasteiger partial charge in [-0.2, -0.15) is 0 Å². The summed E-state index contributed by atoms with van der Waals surface area (Å²) in [6.45, 7) is 5.48. The Morgan fingerprint density at radius 3 is 1.62 bits per heavy atom. The molecular weight excluding hydrogens is 328 g/mol. The van der Waals surface area contributed by atoms with Crippen LogP contribution in [0.15, 0.2) is 48.5 Å². The topological polar surface area (TPSA) is 59.6 Å². The Bertz CT molecular complexity index is 631. The van der Waals surface area contributed by atoms with Crippen molar-refractivity contribution in [2.75, 3.05) is 23.8 Å². The van der Waals surface area contributed by atoms with E-state index in [0.717, 1.165) is 25.7 Å². The Morgan fingerprint density at radius 2 is 1.19 bits per heavy atom. The van der Waals surface area contributed by atoms with Gasteiger partial charge in [0.05, 0.1) is 24.6 Å². The largest absolute Gasteiger partial charge is 0.491 e. The zero-order valence-corrected chi connectivity index (χ0v) is 15.6. The average molecular weight is 356 g/mol. The molecule has 0 bridgehead atoms. The number of hydrogen-bond acceptors (Lipinski definition) is 3. The molecule has 2 rings (SSSR count). The van der Waals surface area contributed by atoms with Gasteiger partial charge < -0.3 is 20.1 Å². The minimum absolute atomic E-state index is 0.330. The normalized spacial score (nSPS) is 10.2. The molecule has 0 aliphatic heterocycles. The molecule has 0 spiro atoms. The van der Waals surface area contributed by atoms with Crippen LogP contribution in [0.1, 0.15) is 39.5 Å². The molecule has 0 saturated heterocycles. The van der Waals surface area contributed by atoms with Crippen molar-refractivity contribution in [3.8, 4) is 11.5 Å². The molecule has 0 saturated carbocycles. The van der Waals surface area contributed by atoms with Gasteiger partial charge in [-0.05, 0) is 37.1 Å². The van der Waals surface area contributed by atoms with Crippen LogP contribution in [0.2, 0.25) is 0 Å². The molecule has 0 aliphatic rings. The number of nitrogens with one attached hydrogen (secondary N) is 2. The van der Waals surface area contributed by atoms with Crippen molar-refractivity contribution in [3.63, 3.8) is 0 Å². The van der Waals surface area contributed by atoms with Crippen molar-refractivity contribution in [2.24, 2.45) is 0 Å². The van der Waals surface area contributed by atoms with Crippen LogP contribution in [-0.2, 0) is 0 Å². The van der Waals surface area contributed by atoms with E-state index in [2.05, 4.69) is 24.5 Å². The lowest BCUT2D eigenvalue weighted by Crippen LogP contribution is -2.20. The number of ether oxygens (including phenoxy) is 2. The maximum Gasteiger partial charge on any atom is 0.323 e. The minimum atomic E-state index is -0.330. The van der Waals surface area contributed by atoms with Crippen molar-refractivity contribution in [1.29, 1.82) is 0 Å². The molecule has 5 nitrogen and oxygen atoms in total. The number of rotatable bonds is 10. The zero-order valence-electron chi connectivity index (χ0n) is 15.6. The number of urea groups is 1. The molecule has 26 heavy (non-hydrogen) atoms. The van der Waals surface area contributed by atoms with Gasteiger partial charge in [-0.1, -0.05) is 51.0 Å². The molecule has 2 N–H and O–H groups in total. The van der Waals surface area contributed by atoms with E-state index in [1.807, 2.05) is 48.5 Å². The van der Waals surface area contributed by atoms with Gasteiger partial charge >= 0.3 is 6.03 Å². The fraction of sp³-hybridized carbons (Fsp3) is 0.381. The smallest absolute Gasteiger partial charge is 0.323 e. The summed E-state index contributed by atoms with van der Waals surface area (Å²) in [5.74, 6) is 1.34. The fourth-order valence-electron chi connectivity index (χ4n) is 2.32. The van der Waals surface area contributed by atoms with Crippen LogP contribution in [-0.4, -0.2) is 19.2 Å². The lowest BCUT2D eigenvalue weighted by atomic mass is 10.3. The van der Waals surface area contributed by atoms with Crippen molar-refractivity contribution >= 4 is 17.4 Å². The van der Waals surface area contributed by atoms with Crippen LogP contribution in [0.3, 0.4) is 0 Å². The SMILES string of the molecule is CCCCOc1ccccc1NC(=O)Nc1ccccc1OCCCC. The molecule has 140 valence electrons. The molecule has 0 radical (unpaired) electrons. The first kappa shape index (κ1) is 19.6. The summed E-state index contributed by atoms with van der Waals surface area (Å²) in [6, 6.07) is 14.5. The summed E-state index contributed by atoms with van der Waals surface area (Å²) >= 11 is 0. The highest BCUT2D eigenvalue weighted by atomic mass is 16.5. The number of anilines is 2. The monoisotopic (exact) mass is 356 g/mol. The minimum Gasteiger partial charge on any atom is -0.491 e. The highest BCUT2D eigenvalue weighted by Gasteiger charge is 2.10. The molecule has 0 heterocycles. The van der Waals surface area contributed by atoms with Crippen molar-refractivity contribution in [2.45, 2.75) is 39.5 Å². The van der Waals surface area contributed by atoms with E-state index in [1.54, 1.807) is 0 Å². The van der Waals surface area contributed by atoms with E-state index >= 15 is 0 Å². The summed E-state index contributed by atoms with van der Waals surface area (Å²) in [6.07, 6.45) is 4.07. The van der Waals surface area contributed by atoms with Crippen LogP contribution in [0.25, 0.3) is 0 Å². The van der Waals surface area contributed by atoms with E-state index in [0.29, 0.717) is 36.1 Å². The van der Waals surface area contributed by atoms with Crippen LogP contribution < -0.4 is 20.1 Å². The molecule has 0 aliphatic carbocycles. The summed E-state index contributed by atoms with van der Waals surface area (Å²) in [5, 5.41) is 5.70. The number of benzene rings is 2. The Kier molecular flexibility index (Phi) is 8.33. The maximum absolute atomic E-state index is 12.4. The number of para-hydroxylation sites is 4. The number of hydrogen-bond donors (Lipinski definition) is 2. The van der Waals surface area contributed by atoms with Crippen molar-refractivity contribution in [3.05, 3.63) is 48.5 Å². The van der Waals surface area contributed by atoms with Crippen LogP contribution in [0, 0.1) is 0 Å². The van der Waals surface area contributed by atoms with Gasteiger partial charge in [0.2, 0.25) is 0 Å². The first-order chi connectivity index (χ1) is 12.7. The van der Waals surface area contributed by atoms with Crippen LogP contribution >= 0.6 is 0 Å². The zero-order chi connectivity index (χ0) is 18.6. The summed E-state index contributed by atoms with van der Waals surface area (Å²) < 4.78 is 11.5. The predicted molar refractivity (Wildman–Crippen MR) is 106 cm³/mol. The first-order valence-electron chi connectivity index (χ1n) is 9.26. The third-order valence-electron chi connectivity index (χ3n) is 3.78. The van der Waals surface area contributed by atoms with E-state index in [-0.39, 0.29) is 6.03 Å². The lowest BCUT2D eigenvalue weighted by molar-refractivity contribution is 0.261. The van der Waals surface area contributed by atoms with Crippen LogP contribution in [0.4, 0.5) is 16.2 Å². The molecule has 2 amide bonds. The van der Waals surface area contributed by atoms with Gasteiger partial charge in [0, 0.05) is 0 Å². The molecule has 0 aromatic heterocycles. The van der Waals surface area contributed by atoms with Gasteiger partial charge in [-0.15, -0.1) is 0 Å². The average Bonchev–Trinajstić information content (AvgIpc) is 2.65. The molecular formula is C21H28N2O3. The van der Waals surface area contributed by atoms with Gasteiger partial charge in [-0.3, -0.25) is 0 Å². The van der Waals surface area contributed by atoms with E-state index in [4.69, 9.17) is 9.47 Å². The number of unbranched alkanes of at least 4 members (excludes halogenated alkanes) is 2. The molecule has 0 fully saturated rings. The number of carbonyl (C=O) groups excluding carboxylic acids is 1. The highest BCUT2D eigenvalue weighted by Crippen LogP contribution is 2.26. The summed E-state index contributed by atoms with van der Waals surface area (Å²) in [5.41, 5.74) is 1.29. The maximum atomic E-state index is 12.4. The Labute approximate surface area is 155 Å². The third kappa shape index (κ3) is 6.31. The number of carbonyl (C=O) groups is 1. The van der Waals surface area contributed by atoms with Gasteiger partial charge in [0.1, 0.15) is 11.5 Å². The van der Waals surface area contributed by atoms with E-state index in [1.165, 1.54) is 0 Å². The quantitative estimate of drug-likeness (QED) is 0.538. The molecule has 0 unspecified atom stereocenters. The van der Waals surface area contributed by atoms with Gasteiger partial charge in [0.15, 0.2) is 0 Å². The van der Waals surface area contributed by atoms with Gasteiger partial charge in [-0.25, -0.2) is 4.79 Å². The predicted octanol–water partition coefficient (Wildman–Crippen LogP) is 5.69. The lowest BCUT2D eigenvalue weighted by Gasteiger charge is -2.15. The molecule has 2 aromatic carbocycles. The van der Waals surface area contributed by atoms with Crippen molar-refractivity contribution in [1.82, 2.24) is 0 Å². The summed E-state index contributed by atoms with van der Waals surface area (Å²) in [7, 11) is 0. The van der Waals surface area contributed by atoms with Crippen LogP contribution in [0.5, 0.6) is 11.5 Å². The molecule has 2 aromatic rings. The van der Waals surface area contributed by atoms with E-state index in [9.17, 15) is 4.79 Å². The Balaban J connectivity index is 1.99. The summed E-state index contributed by atoms with van der Waals surface area (Å²) in [4.78, 5) is 12.4.